The van der Waals surface area contributed by atoms with E-state index in [0.717, 1.165) is 16.4 Å². The number of hydrogen-bond donors (Lipinski definition) is 1. The average molecular weight is 252 g/mol. The van der Waals surface area contributed by atoms with Crippen LogP contribution in [0.25, 0.3) is 0 Å². The van der Waals surface area contributed by atoms with Crippen molar-refractivity contribution in [2.45, 2.75) is 11.0 Å². The van der Waals surface area contributed by atoms with Crippen LogP contribution in [-0.2, 0) is 0 Å². The number of hydrogen-bond acceptors (Lipinski definition) is 5. The molecule has 1 atom stereocenters. The van der Waals surface area contributed by atoms with Crippen LogP contribution >= 0.6 is 24.0 Å². The molecule has 0 bridgehead atoms. The van der Waals surface area contributed by atoms with Crippen LogP contribution in [0.4, 0.5) is 0 Å². The van der Waals surface area contributed by atoms with Gasteiger partial charge in [0.1, 0.15) is 5.75 Å². The lowest BCUT2D eigenvalue weighted by Gasteiger charge is -2.23. The van der Waals surface area contributed by atoms with E-state index >= 15 is 0 Å². The summed E-state index contributed by atoms with van der Waals surface area (Å²) in [6.45, 7) is 0. The summed E-state index contributed by atoms with van der Waals surface area (Å²) >= 11 is 6.55. The predicted molar refractivity (Wildman–Crippen MR) is 62.2 cm³/mol. The van der Waals surface area contributed by atoms with Crippen molar-refractivity contribution in [3.8, 4) is 5.75 Å². The molecule has 1 aromatic carbocycles. The Morgan fingerprint density at radius 2 is 2.31 bits per heavy atom. The number of ether oxygens (including phenoxy) is 1. The van der Waals surface area contributed by atoms with E-state index in [2.05, 4.69) is 10.1 Å². The highest BCUT2D eigenvalue weighted by molar-refractivity contribution is 7.99. The molecule has 1 unspecified atom stereocenters. The molecular weight excluding hydrogens is 244 g/mol. The fraction of sp³-hybridized carbons (Fsp3) is 0.200. The summed E-state index contributed by atoms with van der Waals surface area (Å²) in [4.78, 5) is 5.43. The van der Waals surface area contributed by atoms with Gasteiger partial charge in [0, 0.05) is 10.6 Å². The molecular formula is C10H8N2O2S2. The second kappa shape index (κ2) is 3.95. The number of aromatic nitrogens is 2. The van der Waals surface area contributed by atoms with Gasteiger partial charge in [-0.2, -0.15) is 4.98 Å². The van der Waals surface area contributed by atoms with Gasteiger partial charge in [0.05, 0.1) is 0 Å². The molecule has 0 aliphatic carbocycles. The first-order valence-corrected chi connectivity index (χ1v) is 6.16. The summed E-state index contributed by atoms with van der Waals surface area (Å²) in [6.07, 6.45) is -0.125. The normalized spacial score (nSPS) is 18.9. The summed E-state index contributed by atoms with van der Waals surface area (Å²) in [6, 6.07) is 7.94. The van der Waals surface area contributed by atoms with Crippen LogP contribution in [0.2, 0.25) is 0 Å². The molecule has 1 aromatic heterocycles. The van der Waals surface area contributed by atoms with Crippen LogP contribution < -0.4 is 4.74 Å². The minimum atomic E-state index is -0.125. The van der Waals surface area contributed by atoms with Gasteiger partial charge in [0.15, 0.2) is 11.9 Å². The van der Waals surface area contributed by atoms with Gasteiger partial charge in [-0.1, -0.05) is 12.1 Å². The Balaban J connectivity index is 1.90. The van der Waals surface area contributed by atoms with Gasteiger partial charge in [0.2, 0.25) is 0 Å². The molecule has 82 valence electrons. The molecule has 0 amide bonds. The molecule has 4 nitrogen and oxygen atoms in total. The van der Waals surface area contributed by atoms with Crippen molar-refractivity contribution in [3.63, 3.8) is 0 Å². The van der Waals surface area contributed by atoms with Crippen LogP contribution in [0.15, 0.2) is 33.7 Å². The van der Waals surface area contributed by atoms with E-state index in [1.54, 1.807) is 11.8 Å². The van der Waals surface area contributed by atoms with Gasteiger partial charge in [-0.05, 0) is 24.4 Å². The number of nitrogens with one attached hydrogen (secondary N) is 1. The van der Waals surface area contributed by atoms with Gasteiger partial charge < -0.3 is 9.26 Å². The molecule has 16 heavy (non-hydrogen) atoms. The van der Waals surface area contributed by atoms with E-state index in [9.17, 15) is 0 Å². The lowest BCUT2D eigenvalue weighted by Crippen LogP contribution is -2.16. The lowest BCUT2D eigenvalue weighted by atomic mass is 10.3. The van der Waals surface area contributed by atoms with Crippen LogP contribution in [0.3, 0.4) is 0 Å². The van der Waals surface area contributed by atoms with Crippen LogP contribution in [0, 0.1) is 4.84 Å². The van der Waals surface area contributed by atoms with Crippen LogP contribution in [0.5, 0.6) is 5.75 Å². The van der Waals surface area contributed by atoms with Crippen molar-refractivity contribution in [2.75, 3.05) is 5.75 Å². The third-order valence-corrected chi connectivity index (χ3v) is 3.56. The second-order valence-corrected chi connectivity index (χ2v) is 4.74. The summed E-state index contributed by atoms with van der Waals surface area (Å²) < 4.78 is 10.7. The molecule has 0 spiro atoms. The number of nitrogens with zero attached hydrogens (tertiary/aromatic N) is 1. The third kappa shape index (κ3) is 1.74. The van der Waals surface area contributed by atoms with Crippen LogP contribution in [0.1, 0.15) is 11.9 Å². The highest BCUT2D eigenvalue weighted by Crippen LogP contribution is 2.39. The molecule has 2 heterocycles. The maximum Gasteiger partial charge on any atom is 0.314 e. The highest BCUT2D eigenvalue weighted by atomic mass is 32.2. The minimum absolute atomic E-state index is 0.125. The standard InChI is InChI=1S/C10H8N2O2S2/c15-10-11-9(12-14-10)7-5-16-8-4-2-1-3-6(8)13-7/h1-4,7H,5H2,(H,11,12,15). The predicted octanol–water partition coefficient (Wildman–Crippen LogP) is 2.96. The zero-order chi connectivity index (χ0) is 11.0. The Labute approximate surface area is 101 Å². The van der Waals surface area contributed by atoms with E-state index in [-0.39, 0.29) is 10.9 Å². The zero-order valence-corrected chi connectivity index (χ0v) is 9.81. The van der Waals surface area contributed by atoms with Crippen molar-refractivity contribution < 1.29 is 9.26 Å². The number of aromatic amines is 1. The Morgan fingerprint density at radius 3 is 3.12 bits per heavy atom. The fourth-order valence-corrected chi connectivity index (χ4v) is 2.66. The Kier molecular flexibility index (Phi) is 2.45. The van der Waals surface area contributed by atoms with Gasteiger partial charge >= 0.3 is 4.84 Å². The van der Waals surface area contributed by atoms with E-state index in [0.29, 0.717) is 5.82 Å². The Hall–Kier alpha value is -1.27. The summed E-state index contributed by atoms with van der Waals surface area (Å²) in [5.74, 6) is 2.33. The number of para-hydroxylation sites is 1. The number of rotatable bonds is 1. The maximum atomic E-state index is 5.81. The number of benzene rings is 1. The van der Waals surface area contributed by atoms with E-state index in [4.69, 9.17) is 21.5 Å². The van der Waals surface area contributed by atoms with Crippen molar-refractivity contribution in [2.24, 2.45) is 0 Å². The molecule has 1 N–H and O–H groups in total. The Bertz CT molecular complexity index is 564. The molecule has 0 fully saturated rings. The largest absolute Gasteiger partial charge is 0.480 e. The smallest absolute Gasteiger partial charge is 0.314 e. The molecule has 0 saturated heterocycles. The molecule has 2 aromatic rings. The molecule has 3 rings (SSSR count). The van der Waals surface area contributed by atoms with E-state index < -0.39 is 0 Å². The Morgan fingerprint density at radius 1 is 1.44 bits per heavy atom. The molecule has 0 radical (unpaired) electrons. The van der Waals surface area contributed by atoms with Gasteiger partial charge in [-0.3, -0.25) is 0 Å². The van der Waals surface area contributed by atoms with E-state index in [1.807, 2.05) is 24.3 Å². The SMILES string of the molecule is S=c1nc(C2CSc3ccccc3O2)[nH]o1. The van der Waals surface area contributed by atoms with Crippen molar-refractivity contribution >= 4 is 24.0 Å². The fourth-order valence-electron chi connectivity index (χ4n) is 1.53. The average Bonchev–Trinajstić information content (AvgIpc) is 2.75. The zero-order valence-electron chi connectivity index (χ0n) is 8.17. The first-order chi connectivity index (χ1) is 7.83. The van der Waals surface area contributed by atoms with E-state index in [1.165, 1.54) is 0 Å². The highest BCUT2D eigenvalue weighted by Gasteiger charge is 2.24. The molecule has 1 aliphatic heterocycles. The summed E-state index contributed by atoms with van der Waals surface area (Å²) in [5.41, 5.74) is 0. The summed E-state index contributed by atoms with van der Waals surface area (Å²) in [5, 5.41) is 2.68. The van der Waals surface area contributed by atoms with Gasteiger partial charge in [-0.15, -0.1) is 11.8 Å². The minimum Gasteiger partial charge on any atom is -0.480 e. The van der Waals surface area contributed by atoms with Crippen molar-refractivity contribution in [1.82, 2.24) is 10.1 Å². The summed E-state index contributed by atoms with van der Waals surface area (Å²) in [7, 11) is 0. The first-order valence-electron chi connectivity index (χ1n) is 4.77. The number of fused-ring (bicyclic) bond motifs is 1. The number of thioether (sulfide) groups is 1. The molecule has 0 saturated carbocycles. The number of H-pyrrole nitrogens is 1. The van der Waals surface area contributed by atoms with Gasteiger partial charge in [-0.25, -0.2) is 5.16 Å². The topological polar surface area (TPSA) is 51.0 Å². The first kappa shape index (κ1) is 9.92. The molecule has 1 aliphatic rings. The van der Waals surface area contributed by atoms with Crippen LogP contribution in [-0.4, -0.2) is 15.9 Å². The van der Waals surface area contributed by atoms with Gasteiger partial charge in [0.25, 0.3) is 0 Å². The maximum absolute atomic E-state index is 5.81. The monoisotopic (exact) mass is 252 g/mol. The second-order valence-electron chi connectivity index (χ2n) is 3.33. The third-order valence-electron chi connectivity index (χ3n) is 2.27. The molecule has 6 heteroatoms. The quantitative estimate of drug-likeness (QED) is 0.791. The lowest BCUT2D eigenvalue weighted by molar-refractivity contribution is 0.205. The van der Waals surface area contributed by atoms with Crippen molar-refractivity contribution in [1.29, 1.82) is 0 Å². The van der Waals surface area contributed by atoms with Crippen molar-refractivity contribution in [3.05, 3.63) is 34.9 Å².